The maximum absolute atomic E-state index is 11.9. The Morgan fingerprint density at radius 1 is 1.47 bits per heavy atom. The van der Waals surface area contributed by atoms with Crippen molar-refractivity contribution in [3.63, 3.8) is 0 Å². The molecule has 1 aliphatic heterocycles. The lowest BCUT2D eigenvalue weighted by atomic mass is 10.0. The van der Waals surface area contributed by atoms with E-state index in [0.717, 1.165) is 0 Å². The van der Waals surface area contributed by atoms with E-state index in [9.17, 15) is 9.59 Å². The molecule has 5 nitrogen and oxygen atoms in total. The van der Waals surface area contributed by atoms with Crippen molar-refractivity contribution in [1.29, 1.82) is 0 Å². The Morgan fingerprint density at radius 2 is 2.06 bits per heavy atom. The molecule has 1 N–H and O–H groups in total. The average molecular weight is 242 g/mol. The molecule has 1 aliphatic rings. The molecule has 17 heavy (non-hydrogen) atoms. The Balaban J connectivity index is 2.64. The zero-order valence-electron chi connectivity index (χ0n) is 11.2. The predicted molar refractivity (Wildman–Crippen MR) is 64.6 cm³/mol. The van der Waals surface area contributed by atoms with Gasteiger partial charge in [-0.05, 0) is 26.7 Å². The first-order chi connectivity index (χ1) is 7.69. The van der Waals surface area contributed by atoms with Gasteiger partial charge in [0.1, 0.15) is 12.1 Å². The van der Waals surface area contributed by atoms with Gasteiger partial charge in [0.2, 0.25) is 5.91 Å². The summed E-state index contributed by atoms with van der Waals surface area (Å²) in [4.78, 5) is 24.8. The number of carbonyl (C=O) groups is 2. The van der Waals surface area contributed by atoms with Gasteiger partial charge in [0.25, 0.3) is 0 Å². The van der Waals surface area contributed by atoms with Crippen LogP contribution in [0.3, 0.4) is 0 Å². The minimum atomic E-state index is -0.529. The Bertz CT molecular complexity index is 307. The highest BCUT2D eigenvalue weighted by molar-refractivity contribution is 5.83. The van der Waals surface area contributed by atoms with Crippen LogP contribution in [-0.4, -0.2) is 41.6 Å². The van der Waals surface area contributed by atoms with Crippen molar-refractivity contribution in [2.45, 2.75) is 46.3 Å². The van der Waals surface area contributed by atoms with Gasteiger partial charge in [-0.2, -0.15) is 0 Å². The maximum atomic E-state index is 11.9. The van der Waals surface area contributed by atoms with Gasteiger partial charge in [-0.25, -0.2) is 4.79 Å². The van der Waals surface area contributed by atoms with E-state index < -0.39 is 11.7 Å². The summed E-state index contributed by atoms with van der Waals surface area (Å²) < 4.78 is 5.26. The molecule has 1 heterocycles. The fourth-order valence-corrected chi connectivity index (χ4v) is 1.62. The van der Waals surface area contributed by atoms with Gasteiger partial charge in [-0.1, -0.05) is 13.8 Å². The number of rotatable bonds is 1. The summed E-state index contributed by atoms with van der Waals surface area (Å²) in [5, 5.41) is 2.88. The number of nitrogens with zero attached hydrogens (tertiary/aromatic N) is 1. The van der Waals surface area contributed by atoms with E-state index >= 15 is 0 Å². The van der Waals surface area contributed by atoms with Crippen LogP contribution in [0.25, 0.3) is 0 Å². The van der Waals surface area contributed by atoms with Gasteiger partial charge >= 0.3 is 6.09 Å². The number of carbonyl (C=O) groups excluding carboxylic acids is 2. The van der Waals surface area contributed by atoms with Crippen molar-refractivity contribution in [2.24, 2.45) is 5.92 Å². The molecule has 1 fully saturated rings. The van der Waals surface area contributed by atoms with E-state index in [1.807, 2.05) is 34.6 Å². The summed E-state index contributed by atoms with van der Waals surface area (Å²) in [6.07, 6.45) is -0.419. The number of amides is 2. The second-order valence-corrected chi connectivity index (χ2v) is 5.78. The summed E-state index contributed by atoms with van der Waals surface area (Å²) in [6, 6.07) is 0.00349. The Hall–Kier alpha value is -1.26. The Kier molecular flexibility index (Phi) is 4.01. The van der Waals surface area contributed by atoms with Gasteiger partial charge in [-0.3, -0.25) is 9.69 Å². The highest BCUT2D eigenvalue weighted by Crippen LogP contribution is 2.14. The minimum Gasteiger partial charge on any atom is -0.444 e. The van der Waals surface area contributed by atoms with Crippen molar-refractivity contribution >= 4 is 12.0 Å². The maximum Gasteiger partial charge on any atom is 0.410 e. The molecule has 0 aliphatic carbocycles. The first-order valence-electron chi connectivity index (χ1n) is 5.96. The van der Waals surface area contributed by atoms with Crippen molar-refractivity contribution in [3.8, 4) is 0 Å². The molecule has 1 rings (SSSR count). The molecule has 0 saturated carbocycles. The monoisotopic (exact) mass is 242 g/mol. The highest BCUT2D eigenvalue weighted by atomic mass is 16.6. The van der Waals surface area contributed by atoms with Crippen molar-refractivity contribution in [2.75, 3.05) is 13.1 Å². The van der Waals surface area contributed by atoms with Gasteiger partial charge in [0.05, 0.1) is 0 Å². The Labute approximate surface area is 102 Å². The number of ether oxygens (including phenoxy) is 1. The molecule has 98 valence electrons. The molecule has 0 radical (unpaired) electrons. The molecular weight excluding hydrogens is 220 g/mol. The molecule has 1 unspecified atom stereocenters. The van der Waals surface area contributed by atoms with E-state index in [0.29, 0.717) is 12.5 Å². The van der Waals surface area contributed by atoms with E-state index in [4.69, 9.17) is 4.74 Å². The van der Waals surface area contributed by atoms with Crippen molar-refractivity contribution < 1.29 is 14.3 Å². The van der Waals surface area contributed by atoms with Crippen LogP contribution in [0.15, 0.2) is 0 Å². The topological polar surface area (TPSA) is 58.6 Å². The fraction of sp³-hybridized carbons (Fsp3) is 0.833. The quantitative estimate of drug-likeness (QED) is 0.755. The lowest BCUT2D eigenvalue weighted by molar-refractivity contribution is -0.126. The van der Waals surface area contributed by atoms with Gasteiger partial charge in [0.15, 0.2) is 0 Å². The summed E-state index contributed by atoms with van der Waals surface area (Å²) in [6.45, 7) is 10.1. The number of hydrogen-bond donors (Lipinski definition) is 1. The smallest absolute Gasteiger partial charge is 0.410 e. The molecule has 0 spiro atoms. The summed E-state index contributed by atoms with van der Waals surface area (Å²) in [7, 11) is 0. The normalized spacial score (nSPS) is 21.4. The molecule has 5 heteroatoms. The highest BCUT2D eigenvalue weighted by Gasteiger charge is 2.31. The third kappa shape index (κ3) is 4.24. The number of nitrogens with one attached hydrogen (secondary N) is 1. The molecule has 1 saturated heterocycles. The van der Waals surface area contributed by atoms with Crippen LogP contribution in [-0.2, 0) is 9.53 Å². The molecular formula is C12H22N2O3. The van der Waals surface area contributed by atoms with Crippen LogP contribution in [0.5, 0.6) is 0 Å². The third-order valence-corrected chi connectivity index (χ3v) is 2.55. The SMILES string of the molecule is CC(C)C1CN(C(=O)OC(C)(C)C)CC(=O)N1. The third-order valence-electron chi connectivity index (χ3n) is 2.55. The van der Waals surface area contributed by atoms with Crippen LogP contribution in [0.1, 0.15) is 34.6 Å². The number of piperazine rings is 1. The van der Waals surface area contributed by atoms with Crippen LogP contribution in [0.4, 0.5) is 4.79 Å². The molecule has 2 amide bonds. The minimum absolute atomic E-state index is 0.00349. The largest absolute Gasteiger partial charge is 0.444 e. The van der Waals surface area contributed by atoms with Gasteiger partial charge in [-0.15, -0.1) is 0 Å². The van der Waals surface area contributed by atoms with E-state index in [2.05, 4.69) is 5.32 Å². The van der Waals surface area contributed by atoms with E-state index in [1.165, 1.54) is 4.90 Å². The molecule has 1 atom stereocenters. The van der Waals surface area contributed by atoms with E-state index in [-0.39, 0.29) is 18.5 Å². The van der Waals surface area contributed by atoms with Crippen molar-refractivity contribution in [1.82, 2.24) is 10.2 Å². The molecule has 0 aromatic rings. The van der Waals surface area contributed by atoms with Crippen LogP contribution in [0, 0.1) is 5.92 Å². The zero-order valence-corrected chi connectivity index (χ0v) is 11.2. The van der Waals surface area contributed by atoms with Crippen molar-refractivity contribution in [3.05, 3.63) is 0 Å². The van der Waals surface area contributed by atoms with Gasteiger partial charge < -0.3 is 10.1 Å². The fourth-order valence-electron chi connectivity index (χ4n) is 1.62. The molecule has 0 aromatic heterocycles. The van der Waals surface area contributed by atoms with Crippen LogP contribution in [0.2, 0.25) is 0 Å². The molecule has 0 bridgehead atoms. The van der Waals surface area contributed by atoms with Gasteiger partial charge in [0, 0.05) is 12.6 Å². The predicted octanol–water partition coefficient (Wildman–Crippen LogP) is 1.38. The average Bonchev–Trinajstić information content (AvgIpc) is 2.13. The first kappa shape index (κ1) is 13.8. The lowest BCUT2D eigenvalue weighted by Gasteiger charge is -2.35. The van der Waals surface area contributed by atoms with Crippen LogP contribution < -0.4 is 5.32 Å². The number of hydrogen-bond acceptors (Lipinski definition) is 3. The summed E-state index contributed by atoms with van der Waals surface area (Å²) in [5.41, 5.74) is -0.529. The van der Waals surface area contributed by atoms with Crippen LogP contribution >= 0.6 is 0 Å². The Morgan fingerprint density at radius 3 is 2.53 bits per heavy atom. The second kappa shape index (κ2) is 4.94. The standard InChI is InChI=1S/C12H22N2O3/c1-8(2)9-6-14(7-10(15)13-9)11(16)17-12(3,4)5/h8-9H,6-7H2,1-5H3,(H,13,15). The second-order valence-electron chi connectivity index (χ2n) is 5.78. The lowest BCUT2D eigenvalue weighted by Crippen LogP contribution is -2.58. The molecule has 0 aromatic carbocycles. The summed E-state index contributed by atoms with van der Waals surface area (Å²) in [5.74, 6) is 0.171. The van der Waals surface area contributed by atoms with E-state index in [1.54, 1.807) is 0 Å². The summed E-state index contributed by atoms with van der Waals surface area (Å²) >= 11 is 0. The zero-order chi connectivity index (χ0) is 13.2. The first-order valence-corrected chi connectivity index (χ1v) is 5.96.